The summed E-state index contributed by atoms with van der Waals surface area (Å²) in [6.45, 7) is 2.40. The molecule has 0 saturated heterocycles. The zero-order chi connectivity index (χ0) is 14.5. The van der Waals surface area contributed by atoms with Crippen molar-refractivity contribution in [2.24, 2.45) is 0 Å². The maximum absolute atomic E-state index is 12.8. The van der Waals surface area contributed by atoms with Crippen LogP contribution in [0, 0.1) is 5.82 Å². The van der Waals surface area contributed by atoms with Crippen LogP contribution in [-0.2, 0) is 6.54 Å². The summed E-state index contributed by atoms with van der Waals surface area (Å²) >= 11 is 0. The molecule has 0 unspecified atom stereocenters. The molecule has 0 saturated carbocycles. The Morgan fingerprint density at radius 3 is 2.65 bits per heavy atom. The molecule has 0 amide bonds. The molecule has 20 heavy (non-hydrogen) atoms. The molecule has 2 N–H and O–H groups in total. The quantitative estimate of drug-likeness (QED) is 0.880. The van der Waals surface area contributed by atoms with Gasteiger partial charge in [0.05, 0.1) is 5.69 Å². The Bertz CT molecular complexity index is 599. The van der Waals surface area contributed by atoms with Gasteiger partial charge < -0.3 is 10.4 Å². The molecule has 0 aliphatic heterocycles. The fraction of sp³-hybridized carbons (Fsp3) is 0.200. The molecule has 2 aromatic rings. The van der Waals surface area contributed by atoms with E-state index in [2.05, 4.69) is 10.3 Å². The molecule has 1 heterocycles. The van der Waals surface area contributed by atoms with Gasteiger partial charge in [0.25, 0.3) is 0 Å². The molecular formula is C15H15FN2O2. The van der Waals surface area contributed by atoms with Crippen LogP contribution < -0.4 is 5.32 Å². The van der Waals surface area contributed by atoms with Crippen molar-refractivity contribution in [3.63, 3.8) is 0 Å². The van der Waals surface area contributed by atoms with E-state index in [0.29, 0.717) is 12.2 Å². The maximum Gasteiger partial charge on any atom is 0.354 e. The first-order valence-electron chi connectivity index (χ1n) is 6.24. The Morgan fingerprint density at radius 1 is 1.30 bits per heavy atom. The van der Waals surface area contributed by atoms with Gasteiger partial charge in [0, 0.05) is 12.6 Å². The van der Waals surface area contributed by atoms with Gasteiger partial charge in [-0.3, -0.25) is 0 Å². The molecule has 0 fully saturated rings. The summed E-state index contributed by atoms with van der Waals surface area (Å²) in [6.07, 6.45) is 0. The Morgan fingerprint density at radius 2 is 2.00 bits per heavy atom. The first-order valence-corrected chi connectivity index (χ1v) is 6.24. The fourth-order valence-corrected chi connectivity index (χ4v) is 1.82. The highest BCUT2D eigenvalue weighted by molar-refractivity contribution is 5.85. The van der Waals surface area contributed by atoms with Gasteiger partial charge in [-0.05, 0) is 36.8 Å². The molecule has 1 aromatic carbocycles. The molecule has 0 spiro atoms. The Balaban J connectivity index is 1.99. The van der Waals surface area contributed by atoms with Gasteiger partial charge in [0.15, 0.2) is 0 Å². The van der Waals surface area contributed by atoms with Gasteiger partial charge >= 0.3 is 5.97 Å². The number of carboxylic acids is 1. The molecule has 0 aliphatic rings. The Hall–Kier alpha value is -2.27. The van der Waals surface area contributed by atoms with E-state index >= 15 is 0 Å². The first kappa shape index (κ1) is 14.1. The van der Waals surface area contributed by atoms with Crippen LogP contribution in [0.1, 0.15) is 34.7 Å². The highest BCUT2D eigenvalue weighted by atomic mass is 19.1. The van der Waals surface area contributed by atoms with Crippen molar-refractivity contribution in [2.75, 3.05) is 0 Å². The molecule has 104 valence electrons. The summed E-state index contributed by atoms with van der Waals surface area (Å²) in [5.74, 6) is -1.31. The standard InChI is InChI=1S/C15H15FN2O2/c1-10(11-5-7-12(16)8-6-11)17-9-13-3-2-4-14(18-13)15(19)20/h2-8,10,17H,9H2,1H3,(H,19,20)/t10-/m0/s1. The number of hydrogen-bond acceptors (Lipinski definition) is 3. The molecule has 5 heteroatoms. The lowest BCUT2D eigenvalue weighted by Crippen LogP contribution is -2.19. The average molecular weight is 274 g/mol. The number of pyridine rings is 1. The molecule has 0 aliphatic carbocycles. The summed E-state index contributed by atoms with van der Waals surface area (Å²) in [7, 11) is 0. The van der Waals surface area contributed by atoms with Gasteiger partial charge in [0.1, 0.15) is 11.5 Å². The number of nitrogens with one attached hydrogen (secondary N) is 1. The zero-order valence-corrected chi connectivity index (χ0v) is 11.0. The first-order chi connectivity index (χ1) is 9.56. The summed E-state index contributed by atoms with van der Waals surface area (Å²) in [5.41, 5.74) is 1.64. The van der Waals surface area contributed by atoms with E-state index in [-0.39, 0.29) is 17.6 Å². The van der Waals surface area contributed by atoms with E-state index in [1.165, 1.54) is 18.2 Å². The molecule has 1 aromatic heterocycles. The molecule has 2 rings (SSSR count). The summed E-state index contributed by atoms with van der Waals surface area (Å²) in [6, 6.07) is 11.2. The number of hydrogen-bond donors (Lipinski definition) is 2. The number of halogens is 1. The second kappa shape index (κ2) is 6.25. The zero-order valence-electron chi connectivity index (χ0n) is 11.0. The van der Waals surface area contributed by atoms with Crippen LogP contribution in [0.15, 0.2) is 42.5 Å². The van der Waals surface area contributed by atoms with Gasteiger partial charge in [-0.15, -0.1) is 0 Å². The molecule has 0 bridgehead atoms. The predicted octanol–water partition coefficient (Wildman–Crippen LogP) is 2.77. The van der Waals surface area contributed by atoms with Crippen molar-refractivity contribution in [1.29, 1.82) is 0 Å². The van der Waals surface area contributed by atoms with Crippen molar-refractivity contribution in [2.45, 2.75) is 19.5 Å². The van der Waals surface area contributed by atoms with Gasteiger partial charge in [-0.25, -0.2) is 14.2 Å². The van der Waals surface area contributed by atoms with Crippen molar-refractivity contribution < 1.29 is 14.3 Å². The number of rotatable bonds is 5. The minimum Gasteiger partial charge on any atom is -0.477 e. The molecular weight excluding hydrogens is 259 g/mol. The van der Waals surface area contributed by atoms with Crippen LogP contribution in [0.2, 0.25) is 0 Å². The van der Waals surface area contributed by atoms with Gasteiger partial charge in [-0.2, -0.15) is 0 Å². The van der Waals surface area contributed by atoms with Crippen LogP contribution in [0.25, 0.3) is 0 Å². The van der Waals surface area contributed by atoms with Crippen molar-refractivity contribution in [1.82, 2.24) is 10.3 Å². The Labute approximate surface area is 116 Å². The minimum absolute atomic E-state index is 0.0193. The van der Waals surface area contributed by atoms with E-state index in [4.69, 9.17) is 5.11 Å². The van der Waals surface area contributed by atoms with E-state index in [1.54, 1.807) is 24.3 Å². The number of benzene rings is 1. The second-order valence-electron chi connectivity index (χ2n) is 4.47. The molecule has 0 radical (unpaired) electrons. The molecule has 4 nitrogen and oxygen atoms in total. The van der Waals surface area contributed by atoms with E-state index in [0.717, 1.165) is 5.56 Å². The summed E-state index contributed by atoms with van der Waals surface area (Å²) in [5, 5.41) is 12.1. The third-order valence-electron chi connectivity index (χ3n) is 2.99. The predicted molar refractivity (Wildman–Crippen MR) is 72.9 cm³/mol. The molecule has 1 atom stereocenters. The third kappa shape index (κ3) is 3.61. The topological polar surface area (TPSA) is 62.2 Å². The van der Waals surface area contributed by atoms with Gasteiger partial charge in [-0.1, -0.05) is 18.2 Å². The van der Waals surface area contributed by atoms with E-state index in [1.807, 2.05) is 6.92 Å². The summed E-state index contributed by atoms with van der Waals surface area (Å²) < 4.78 is 12.8. The number of aromatic carboxylic acids is 1. The lowest BCUT2D eigenvalue weighted by molar-refractivity contribution is 0.0690. The van der Waals surface area contributed by atoms with Gasteiger partial charge in [0.2, 0.25) is 0 Å². The largest absolute Gasteiger partial charge is 0.477 e. The SMILES string of the molecule is C[C@H](NCc1cccc(C(=O)O)n1)c1ccc(F)cc1. The lowest BCUT2D eigenvalue weighted by Gasteiger charge is -2.14. The lowest BCUT2D eigenvalue weighted by atomic mass is 10.1. The fourth-order valence-electron chi connectivity index (χ4n) is 1.82. The number of aromatic nitrogens is 1. The Kier molecular flexibility index (Phi) is 4.42. The minimum atomic E-state index is -1.04. The number of carboxylic acid groups (broad SMARTS) is 1. The summed E-state index contributed by atoms with van der Waals surface area (Å²) in [4.78, 5) is 14.9. The third-order valence-corrected chi connectivity index (χ3v) is 2.99. The van der Waals surface area contributed by atoms with Crippen LogP contribution in [-0.4, -0.2) is 16.1 Å². The van der Waals surface area contributed by atoms with Crippen LogP contribution in [0.5, 0.6) is 0 Å². The average Bonchev–Trinajstić information content (AvgIpc) is 2.46. The van der Waals surface area contributed by atoms with Crippen LogP contribution in [0.4, 0.5) is 4.39 Å². The highest BCUT2D eigenvalue weighted by Crippen LogP contribution is 2.13. The number of carbonyl (C=O) groups is 1. The second-order valence-corrected chi connectivity index (χ2v) is 4.47. The highest BCUT2D eigenvalue weighted by Gasteiger charge is 2.08. The normalized spacial score (nSPS) is 12.1. The van der Waals surface area contributed by atoms with Crippen LogP contribution >= 0.6 is 0 Å². The smallest absolute Gasteiger partial charge is 0.354 e. The van der Waals surface area contributed by atoms with E-state index < -0.39 is 5.97 Å². The van der Waals surface area contributed by atoms with Crippen molar-refractivity contribution in [3.8, 4) is 0 Å². The van der Waals surface area contributed by atoms with Crippen molar-refractivity contribution in [3.05, 3.63) is 65.2 Å². The number of nitrogens with zero attached hydrogens (tertiary/aromatic N) is 1. The van der Waals surface area contributed by atoms with Crippen molar-refractivity contribution >= 4 is 5.97 Å². The van der Waals surface area contributed by atoms with Crippen LogP contribution in [0.3, 0.4) is 0 Å². The maximum atomic E-state index is 12.8. The monoisotopic (exact) mass is 274 g/mol. The van der Waals surface area contributed by atoms with E-state index in [9.17, 15) is 9.18 Å².